The fourth-order valence-electron chi connectivity index (χ4n) is 1.98. The van der Waals surface area contributed by atoms with Crippen LogP contribution in [0, 0.1) is 0 Å². The summed E-state index contributed by atoms with van der Waals surface area (Å²) in [4.78, 5) is 11.1. The number of carbonyl (C=O) groups is 1. The Morgan fingerprint density at radius 2 is 1.33 bits per heavy atom. The zero-order valence-corrected chi connectivity index (χ0v) is 12.0. The summed E-state index contributed by atoms with van der Waals surface area (Å²) in [5, 5.41) is 20.0. The molecule has 18 heavy (non-hydrogen) atoms. The first kappa shape index (κ1) is 14.6. The summed E-state index contributed by atoms with van der Waals surface area (Å²) in [6.45, 7) is 11.8. The average molecular weight is 250 g/mol. The molecule has 0 unspecified atom stereocenters. The van der Waals surface area contributed by atoms with Crippen LogP contribution in [0.4, 0.5) is 0 Å². The van der Waals surface area contributed by atoms with Gasteiger partial charge < -0.3 is 10.2 Å². The molecule has 3 heteroatoms. The Bertz CT molecular complexity index is 474. The first-order valence-corrected chi connectivity index (χ1v) is 6.05. The Kier molecular flexibility index (Phi) is 3.48. The molecule has 100 valence electrons. The summed E-state index contributed by atoms with van der Waals surface area (Å²) < 4.78 is 0. The highest BCUT2D eigenvalue weighted by atomic mass is 16.3. The Balaban J connectivity index is 3.73. The van der Waals surface area contributed by atoms with Crippen molar-refractivity contribution in [2.45, 2.75) is 52.4 Å². The van der Waals surface area contributed by atoms with E-state index >= 15 is 0 Å². The zero-order valence-electron chi connectivity index (χ0n) is 12.0. The van der Waals surface area contributed by atoms with Gasteiger partial charge in [-0.15, -0.1) is 0 Å². The van der Waals surface area contributed by atoms with Gasteiger partial charge in [-0.1, -0.05) is 47.6 Å². The lowest BCUT2D eigenvalue weighted by Crippen LogP contribution is -2.18. The number of phenolic OH excluding ortho intramolecular Hbond substituents is 2. The normalized spacial score (nSPS) is 12.6. The van der Waals surface area contributed by atoms with Crippen LogP contribution in [-0.2, 0) is 10.8 Å². The van der Waals surface area contributed by atoms with Crippen molar-refractivity contribution < 1.29 is 15.0 Å². The van der Waals surface area contributed by atoms with Crippen molar-refractivity contribution in [2.75, 3.05) is 0 Å². The van der Waals surface area contributed by atoms with E-state index in [1.54, 1.807) is 0 Å². The van der Waals surface area contributed by atoms with Crippen molar-refractivity contribution in [2.24, 2.45) is 0 Å². The quantitative estimate of drug-likeness (QED) is 0.592. The highest BCUT2D eigenvalue weighted by Gasteiger charge is 2.28. The fraction of sp³-hybridized carbons (Fsp3) is 0.533. The summed E-state index contributed by atoms with van der Waals surface area (Å²) in [7, 11) is 0. The van der Waals surface area contributed by atoms with E-state index in [-0.39, 0.29) is 27.9 Å². The van der Waals surface area contributed by atoms with Crippen molar-refractivity contribution in [1.29, 1.82) is 0 Å². The molecule has 2 N–H and O–H groups in total. The van der Waals surface area contributed by atoms with Crippen molar-refractivity contribution in [3.05, 3.63) is 22.8 Å². The van der Waals surface area contributed by atoms with Gasteiger partial charge in [-0.25, -0.2) is 0 Å². The standard InChI is InChI=1S/C15H22O3/c1-14(2,3)10-7-11(15(4,5)6)13(18)12(17)9(10)8-16/h7-8,17-18H,1-6H3. The van der Waals surface area contributed by atoms with Crippen LogP contribution >= 0.6 is 0 Å². The van der Waals surface area contributed by atoms with Crippen LogP contribution < -0.4 is 0 Å². The Morgan fingerprint density at radius 3 is 1.67 bits per heavy atom. The van der Waals surface area contributed by atoms with E-state index in [0.717, 1.165) is 5.56 Å². The van der Waals surface area contributed by atoms with Gasteiger partial charge in [0, 0.05) is 5.56 Å². The van der Waals surface area contributed by atoms with Gasteiger partial charge in [0.05, 0.1) is 5.56 Å². The van der Waals surface area contributed by atoms with Gasteiger partial charge in [0.1, 0.15) is 0 Å². The molecule has 0 heterocycles. The predicted molar refractivity (Wildman–Crippen MR) is 72.6 cm³/mol. The number of aldehydes is 1. The SMILES string of the molecule is CC(C)(C)c1cc(C(C)(C)C)c(C=O)c(O)c1O. The Labute approximate surface area is 108 Å². The maximum atomic E-state index is 11.1. The number of hydrogen-bond acceptors (Lipinski definition) is 3. The predicted octanol–water partition coefficient (Wildman–Crippen LogP) is 3.51. The first-order chi connectivity index (χ1) is 8.00. The van der Waals surface area contributed by atoms with Crippen LogP contribution in [0.5, 0.6) is 11.5 Å². The van der Waals surface area contributed by atoms with Crippen LogP contribution in [0.3, 0.4) is 0 Å². The molecule has 0 radical (unpaired) electrons. The summed E-state index contributed by atoms with van der Waals surface area (Å²) in [5.74, 6) is -0.514. The van der Waals surface area contributed by atoms with Gasteiger partial charge in [-0.2, -0.15) is 0 Å². The molecular weight excluding hydrogens is 228 g/mol. The maximum Gasteiger partial charge on any atom is 0.168 e. The van der Waals surface area contributed by atoms with Gasteiger partial charge in [0.15, 0.2) is 17.8 Å². The number of carbonyl (C=O) groups excluding carboxylic acids is 1. The molecule has 1 aromatic carbocycles. The molecule has 0 bridgehead atoms. The smallest absolute Gasteiger partial charge is 0.168 e. The largest absolute Gasteiger partial charge is 0.504 e. The highest BCUT2D eigenvalue weighted by molar-refractivity contribution is 5.84. The van der Waals surface area contributed by atoms with Crippen molar-refractivity contribution in [1.82, 2.24) is 0 Å². The second-order valence-corrected chi connectivity index (χ2v) is 6.70. The van der Waals surface area contributed by atoms with E-state index in [2.05, 4.69) is 0 Å². The molecule has 0 spiro atoms. The summed E-state index contributed by atoms with van der Waals surface area (Å²) in [6.07, 6.45) is 0.599. The lowest BCUT2D eigenvalue weighted by atomic mass is 9.78. The molecule has 0 aliphatic rings. The number of hydrogen-bond donors (Lipinski definition) is 2. The molecule has 1 rings (SSSR count). The topological polar surface area (TPSA) is 57.5 Å². The van der Waals surface area contributed by atoms with E-state index in [0.29, 0.717) is 11.8 Å². The third-order valence-corrected chi connectivity index (χ3v) is 3.05. The summed E-state index contributed by atoms with van der Waals surface area (Å²) in [5.41, 5.74) is 0.992. The monoisotopic (exact) mass is 250 g/mol. The summed E-state index contributed by atoms with van der Waals surface area (Å²) in [6, 6.07) is 1.82. The van der Waals surface area contributed by atoms with Crippen LogP contribution in [-0.4, -0.2) is 16.5 Å². The average Bonchev–Trinajstić information content (AvgIpc) is 2.17. The minimum absolute atomic E-state index is 0.174. The molecule has 0 atom stereocenters. The number of benzene rings is 1. The van der Waals surface area contributed by atoms with E-state index in [9.17, 15) is 15.0 Å². The lowest BCUT2D eigenvalue weighted by molar-refractivity contribution is 0.111. The summed E-state index contributed by atoms with van der Waals surface area (Å²) >= 11 is 0. The van der Waals surface area contributed by atoms with E-state index in [1.807, 2.05) is 47.6 Å². The number of phenols is 2. The molecule has 0 amide bonds. The molecule has 0 aliphatic carbocycles. The van der Waals surface area contributed by atoms with E-state index in [4.69, 9.17) is 0 Å². The molecule has 0 saturated carbocycles. The van der Waals surface area contributed by atoms with Crippen molar-refractivity contribution >= 4 is 6.29 Å². The second kappa shape index (κ2) is 4.30. The van der Waals surface area contributed by atoms with Gasteiger partial charge in [0.25, 0.3) is 0 Å². The van der Waals surface area contributed by atoms with Crippen LogP contribution in [0.15, 0.2) is 6.07 Å². The van der Waals surface area contributed by atoms with Gasteiger partial charge >= 0.3 is 0 Å². The van der Waals surface area contributed by atoms with Crippen LogP contribution in [0.1, 0.15) is 63.0 Å². The molecule has 1 aromatic rings. The molecule has 3 nitrogen and oxygen atoms in total. The molecular formula is C15H22O3. The fourth-order valence-corrected chi connectivity index (χ4v) is 1.98. The third-order valence-electron chi connectivity index (χ3n) is 3.05. The minimum Gasteiger partial charge on any atom is -0.504 e. The Hall–Kier alpha value is -1.51. The maximum absolute atomic E-state index is 11.1. The van der Waals surface area contributed by atoms with Crippen LogP contribution in [0.2, 0.25) is 0 Å². The third kappa shape index (κ3) is 2.50. The zero-order chi connectivity index (χ0) is 14.3. The number of rotatable bonds is 1. The number of aromatic hydroxyl groups is 2. The second-order valence-electron chi connectivity index (χ2n) is 6.70. The highest BCUT2D eigenvalue weighted by Crippen LogP contribution is 2.43. The van der Waals surface area contributed by atoms with Crippen LogP contribution in [0.25, 0.3) is 0 Å². The molecule has 0 fully saturated rings. The first-order valence-electron chi connectivity index (χ1n) is 6.05. The van der Waals surface area contributed by atoms with Gasteiger partial charge in [-0.3, -0.25) is 4.79 Å². The van der Waals surface area contributed by atoms with Crippen molar-refractivity contribution in [3.63, 3.8) is 0 Å². The van der Waals surface area contributed by atoms with E-state index < -0.39 is 0 Å². The molecule has 0 saturated heterocycles. The van der Waals surface area contributed by atoms with Gasteiger partial charge in [0.2, 0.25) is 0 Å². The van der Waals surface area contributed by atoms with Crippen molar-refractivity contribution in [3.8, 4) is 11.5 Å². The lowest BCUT2D eigenvalue weighted by Gasteiger charge is -2.27. The van der Waals surface area contributed by atoms with Gasteiger partial charge in [-0.05, 0) is 16.4 Å². The minimum atomic E-state index is -0.317. The van der Waals surface area contributed by atoms with E-state index in [1.165, 1.54) is 0 Å². The molecule has 0 aliphatic heterocycles. The Morgan fingerprint density at radius 1 is 0.889 bits per heavy atom. The molecule has 0 aromatic heterocycles.